The monoisotopic (exact) mass is 230 g/mol. The first-order chi connectivity index (χ1) is 8.08. The topological polar surface area (TPSA) is 49.7 Å². The number of aryl methyl sites for hydroxylation is 1. The normalized spacial score (nSPS) is 10.2. The Kier molecular flexibility index (Phi) is 2.91. The molecule has 0 bridgehead atoms. The molecule has 2 rings (SSSR count). The Morgan fingerprint density at radius 1 is 0.882 bits per heavy atom. The van der Waals surface area contributed by atoms with E-state index >= 15 is 0 Å². The zero-order chi connectivity index (χ0) is 12.4. The second-order valence-corrected chi connectivity index (χ2v) is 3.98. The summed E-state index contributed by atoms with van der Waals surface area (Å²) in [5, 5.41) is 19.3. The van der Waals surface area contributed by atoms with Crippen molar-refractivity contribution >= 4 is 0 Å². The molecular formula is C14H14O3. The number of para-hydroxylation sites is 2. The summed E-state index contributed by atoms with van der Waals surface area (Å²) in [7, 11) is 0. The van der Waals surface area contributed by atoms with Crippen LogP contribution in [0.2, 0.25) is 0 Å². The van der Waals surface area contributed by atoms with Crippen molar-refractivity contribution in [2.75, 3.05) is 0 Å². The minimum Gasteiger partial charge on any atom is -0.508 e. The van der Waals surface area contributed by atoms with Crippen LogP contribution < -0.4 is 4.74 Å². The lowest BCUT2D eigenvalue weighted by Crippen LogP contribution is -1.89. The largest absolute Gasteiger partial charge is 0.508 e. The highest BCUT2D eigenvalue weighted by molar-refractivity contribution is 5.49. The summed E-state index contributed by atoms with van der Waals surface area (Å²) in [5.74, 6) is 1.19. The zero-order valence-corrected chi connectivity index (χ0v) is 9.77. The SMILES string of the molecule is Cc1cc(O)c(C)c(Oc2ccccc2O)c1. The van der Waals surface area contributed by atoms with E-state index in [9.17, 15) is 10.2 Å². The van der Waals surface area contributed by atoms with Gasteiger partial charge < -0.3 is 14.9 Å². The van der Waals surface area contributed by atoms with Gasteiger partial charge in [0, 0.05) is 5.56 Å². The molecule has 0 unspecified atom stereocenters. The number of benzene rings is 2. The quantitative estimate of drug-likeness (QED) is 0.830. The first kappa shape index (κ1) is 11.3. The van der Waals surface area contributed by atoms with E-state index in [-0.39, 0.29) is 11.5 Å². The van der Waals surface area contributed by atoms with Crippen LogP contribution in [0.3, 0.4) is 0 Å². The van der Waals surface area contributed by atoms with Gasteiger partial charge in [0.25, 0.3) is 0 Å². The number of hydrogen-bond acceptors (Lipinski definition) is 3. The molecule has 2 aromatic carbocycles. The van der Waals surface area contributed by atoms with Crippen LogP contribution in [0.5, 0.6) is 23.0 Å². The van der Waals surface area contributed by atoms with Gasteiger partial charge in [0.2, 0.25) is 0 Å². The number of ether oxygens (including phenoxy) is 1. The van der Waals surface area contributed by atoms with Crippen molar-refractivity contribution in [1.29, 1.82) is 0 Å². The van der Waals surface area contributed by atoms with E-state index in [0.29, 0.717) is 17.1 Å². The summed E-state index contributed by atoms with van der Waals surface area (Å²) >= 11 is 0. The number of hydrogen-bond donors (Lipinski definition) is 2. The molecule has 0 aliphatic heterocycles. The Morgan fingerprint density at radius 3 is 2.29 bits per heavy atom. The third-order valence-electron chi connectivity index (χ3n) is 2.56. The zero-order valence-electron chi connectivity index (χ0n) is 9.77. The molecule has 0 spiro atoms. The molecule has 0 saturated carbocycles. The first-order valence-electron chi connectivity index (χ1n) is 5.34. The molecule has 88 valence electrons. The Bertz CT molecular complexity index is 547. The number of aromatic hydroxyl groups is 2. The third-order valence-corrected chi connectivity index (χ3v) is 2.56. The van der Waals surface area contributed by atoms with Gasteiger partial charge in [-0.05, 0) is 43.7 Å². The van der Waals surface area contributed by atoms with Crippen LogP contribution in [0.1, 0.15) is 11.1 Å². The molecule has 3 heteroatoms. The molecule has 0 aromatic heterocycles. The highest BCUT2D eigenvalue weighted by Gasteiger charge is 2.09. The van der Waals surface area contributed by atoms with Crippen LogP contribution in [0.25, 0.3) is 0 Å². The summed E-state index contributed by atoms with van der Waals surface area (Å²) in [6, 6.07) is 10.2. The molecule has 17 heavy (non-hydrogen) atoms. The predicted molar refractivity (Wildman–Crippen MR) is 65.8 cm³/mol. The predicted octanol–water partition coefficient (Wildman–Crippen LogP) is 3.51. The summed E-state index contributed by atoms with van der Waals surface area (Å²) < 4.78 is 5.59. The molecule has 0 radical (unpaired) electrons. The lowest BCUT2D eigenvalue weighted by Gasteiger charge is -2.11. The van der Waals surface area contributed by atoms with E-state index in [2.05, 4.69) is 0 Å². The molecule has 3 nitrogen and oxygen atoms in total. The molecule has 0 heterocycles. The van der Waals surface area contributed by atoms with Gasteiger partial charge in [-0.15, -0.1) is 0 Å². The van der Waals surface area contributed by atoms with Crippen molar-refractivity contribution in [2.24, 2.45) is 0 Å². The van der Waals surface area contributed by atoms with Gasteiger partial charge in [0.15, 0.2) is 11.5 Å². The lowest BCUT2D eigenvalue weighted by molar-refractivity contribution is 0.405. The van der Waals surface area contributed by atoms with E-state index in [1.165, 1.54) is 0 Å². The van der Waals surface area contributed by atoms with Crippen molar-refractivity contribution < 1.29 is 14.9 Å². The summed E-state index contributed by atoms with van der Waals surface area (Å²) in [6.45, 7) is 3.64. The first-order valence-corrected chi connectivity index (χ1v) is 5.34. The second-order valence-electron chi connectivity index (χ2n) is 3.98. The molecule has 0 atom stereocenters. The maximum atomic E-state index is 9.69. The minimum atomic E-state index is 0.0768. The van der Waals surface area contributed by atoms with E-state index in [4.69, 9.17) is 4.74 Å². The minimum absolute atomic E-state index is 0.0768. The van der Waals surface area contributed by atoms with E-state index in [0.717, 1.165) is 5.56 Å². The van der Waals surface area contributed by atoms with E-state index < -0.39 is 0 Å². The Morgan fingerprint density at radius 2 is 1.59 bits per heavy atom. The number of phenolic OH excluding ortho intramolecular Hbond substituents is 2. The van der Waals surface area contributed by atoms with Gasteiger partial charge in [-0.25, -0.2) is 0 Å². The van der Waals surface area contributed by atoms with E-state index in [1.54, 1.807) is 37.3 Å². The van der Waals surface area contributed by atoms with Gasteiger partial charge in [-0.2, -0.15) is 0 Å². The standard InChI is InChI=1S/C14H14O3/c1-9-7-12(16)10(2)14(8-9)17-13-6-4-3-5-11(13)15/h3-8,15-16H,1-2H3. The average molecular weight is 230 g/mol. The van der Waals surface area contributed by atoms with Crippen LogP contribution in [0.4, 0.5) is 0 Å². The highest BCUT2D eigenvalue weighted by atomic mass is 16.5. The maximum absolute atomic E-state index is 9.69. The molecule has 2 aromatic rings. The number of rotatable bonds is 2. The van der Waals surface area contributed by atoms with Crippen LogP contribution in [-0.4, -0.2) is 10.2 Å². The van der Waals surface area contributed by atoms with Gasteiger partial charge in [-0.3, -0.25) is 0 Å². The highest BCUT2D eigenvalue weighted by Crippen LogP contribution is 2.35. The van der Waals surface area contributed by atoms with Gasteiger partial charge in [-0.1, -0.05) is 12.1 Å². The molecule has 0 fully saturated rings. The van der Waals surface area contributed by atoms with Crippen LogP contribution in [-0.2, 0) is 0 Å². The van der Waals surface area contributed by atoms with E-state index in [1.807, 2.05) is 13.0 Å². The summed E-state index contributed by atoms with van der Waals surface area (Å²) in [6.07, 6.45) is 0. The molecule has 0 aliphatic carbocycles. The van der Waals surface area contributed by atoms with Gasteiger partial charge in [0.05, 0.1) is 0 Å². The number of phenols is 2. The molecule has 0 saturated heterocycles. The smallest absolute Gasteiger partial charge is 0.169 e. The van der Waals surface area contributed by atoms with Gasteiger partial charge in [0.1, 0.15) is 11.5 Å². The van der Waals surface area contributed by atoms with Crippen LogP contribution in [0, 0.1) is 13.8 Å². The fourth-order valence-electron chi connectivity index (χ4n) is 1.57. The van der Waals surface area contributed by atoms with Crippen molar-refractivity contribution in [3.63, 3.8) is 0 Å². The molecular weight excluding hydrogens is 216 g/mol. The van der Waals surface area contributed by atoms with Crippen LogP contribution in [0.15, 0.2) is 36.4 Å². The fourth-order valence-corrected chi connectivity index (χ4v) is 1.57. The Balaban J connectivity index is 2.40. The van der Waals surface area contributed by atoms with Crippen molar-refractivity contribution in [3.8, 4) is 23.0 Å². The second kappa shape index (κ2) is 4.37. The van der Waals surface area contributed by atoms with Crippen molar-refractivity contribution in [2.45, 2.75) is 13.8 Å². The summed E-state index contributed by atoms with van der Waals surface area (Å²) in [4.78, 5) is 0. The maximum Gasteiger partial charge on any atom is 0.169 e. The summed E-state index contributed by atoms with van der Waals surface area (Å²) in [5.41, 5.74) is 1.55. The van der Waals surface area contributed by atoms with Crippen molar-refractivity contribution in [3.05, 3.63) is 47.5 Å². The lowest BCUT2D eigenvalue weighted by atomic mass is 10.1. The molecule has 0 aliphatic rings. The Hall–Kier alpha value is -2.16. The fraction of sp³-hybridized carbons (Fsp3) is 0.143. The van der Waals surface area contributed by atoms with Gasteiger partial charge >= 0.3 is 0 Å². The van der Waals surface area contributed by atoms with Crippen LogP contribution >= 0.6 is 0 Å². The Labute approximate surface area is 99.9 Å². The van der Waals surface area contributed by atoms with Crippen molar-refractivity contribution in [1.82, 2.24) is 0 Å². The molecule has 0 amide bonds. The molecule has 2 N–H and O–H groups in total. The average Bonchev–Trinajstić information content (AvgIpc) is 2.28. The third kappa shape index (κ3) is 2.33.